The number of nitrogens with one attached hydrogen (secondary N) is 1. The molecule has 0 aliphatic carbocycles. The molecule has 1 heterocycles. The van der Waals surface area contributed by atoms with Gasteiger partial charge in [0.15, 0.2) is 5.78 Å². The molecule has 0 fully saturated rings. The minimum atomic E-state index is -0.0824. The Balaban J connectivity index is 2.21. The van der Waals surface area contributed by atoms with Crippen LogP contribution in [0.4, 0.5) is 0 Å². The fraction of sp³-hybridized carbons (Fsp3) is 0.0625. The summed E-state index contributed by atoms with van der Waals surface area (Å²) in [5, 5.41) is 1.69. The maximum atomic E-state index is 12.8. The van der Waals surface area contributed by atoms with E-state index in [-0.39, 0.29) is 5.78 Å². The van der Waals surface area contributed by atoms with Gasteiger partial charge in [-0.05, 0) is 46.6 Å². The van der Waals surface area contributed by atoms with Crippen LogP contribution in [0.5, 0.6) is 0 Å². The van der Waals surface area contributed by atoms with Crippen molar-refractivity contribution in [2.75, 3.05) is 0 Å². The van der Waals surface area contributed by atoms with Crippen molar-refractivity contribution in [2.24, 2.45) is 0 Å². The number of halogens is 3. The second kappa shape index (κ2) is 5.48. The number of H-pyrrole nitrogens is 1. The van der Waals surface area contributed by atoms with Crippen LogP contribution >= 0.6 is 39.1 Å². The molecule has 0 unspecified atom stereocenters. The van der Waals surface area contributed by atoms with E-state index in [4.69, 9.17) is 23.2 Å². The molecule has 0 amide bonds. The topological polar surface area (TPSA) is 32.9 Å². The van der Waals surface area contributed by atoms with Crippen LogP contribution in [-0.4, -0.2) is 10.8 Å². The van der Waals surface area contributed by atoms with Gasteiger partial charge in [-0.1, -0.05) is 35.3 Å². The molecule has 0 saturated carbocycles. The van der Waals surface area contributed by atoms with E-state index in [9.17, 15) is 4.79 Å². The van der Waals surface area contributed by atoms with Crippen LogP contribution in [0.25, 0.3) is 10.9 Å². The van der Waals surface area contributed by atoms with Gasteiger partial charge in [0, 0.05) is 37.7 Å². The Hall–Kier alpha value is -1.29. The summed E-state index contributed by atoms with van der Waals surface area (Å²) in [6, 6.07) is 9.00. The van der Waals surface area contributed by atoms with Gasteiger partial charge in [0.1, 0.15) is 0 Å². The Bertz CT molecular complexity index is 870. The van der Waals surface area contributed by atoms with Crippen LogP contribution in [-0.2, 0) is 0 Å². The molecular formula is C16H10BrCl2NO. The minimum Gasteiger partial charge on any atom is -0.360 e. The molecule has 0 atom stereocenters. The quantitative estimate of drug-likeness (QED) is 0.560. The molecule has 0 spiro atoms. The molecule has 0 bridgehead atoms. The summed E-state index contributed by atoms with van der Waals surface area (Å²) in [5.41, 5.74) is 2.91. The van der Waals surface area contributed by atoms with E-state index >= 15 is 0 Å². The van der Waals surface area contributed by atoms with Crippen molar-refractivity contribution in [1.82, 2.24) is 4.98 Å². The summed E-state index contributed by atoms with van der Waals surface area (Å²) in [4.78, 5) is 15.8. The molecule has 1 N–H and O–H groups in total. The van der Waals surface area contributed by atoms with Crippen molar-refractivity contribution in [1.29, 1.82) is 0 Å². The summed E-state index contributed by atoms with van der Waals surface area (Å²) in [6.45, 7) is 1.95. The Morgan fingerprint density at radius 1 is 1.19 bits per heavy atom. The van der Waals surface area contributed by atoms with E-state index in [1.807, 2.05) is 19.1 Å². The monoisotopic (exact) mass is 381 g/mol. The lowest BCUT2D eigenvalue weighted by Crippen LogP contribution is -2.02. The molecule has 3 rings (SSSR count). The SMILES string of the molecule is Cc1cccc(C(=O)c2c[nH]c3cc(Cl)cc(Cl)c23)c1Br. The lowest BCUT2D eigenvalue weighted by atomic mass is 10.0. The average molecular weight is 383 g/mol. The fourth-order valence-corrected chi connectivity index (χ4v) is 3.37. The Morgan fingerprint density at radius 3 is 2.71 bits per heavy atom. The van der Waals surface area contributed by atoms with Crippen molar-refractivity contribution in [3.63, 3.8) is 0 Å². The highest BCUT2D eigenvalue weighted by atomic mass is 79.9. The molecule has 0 saturated heterocycles. The summed E-state index contributed by atoms with van der Waals surface area (Å²) < 4.78 is 0.800. The maximum Gasteiger partial charge on any atom is 0.196 e. The molecular weight excluding hydrogens is 373 g/mol. The molecule has 0 aliphatic rings. The number of hydrogen-bond acceptors (Lipinski definition) is 1. The molecule has 106 valence electrons. The number of carbonyl (C=O) groups is 1. The molecule has 21 heavy (non-hydrogen) atoms. The Labute approximate surface area is 140 Å². The summed E-state index contributed by atoms with van der Waals surface area (Å²) >= 11 is 15.7. The standard InChI is InChI=1S/C16H10BrCl2NO/c1-8-3-2-4-10(15(8)17)16(21)11-7-20-13-6-9(18)5-12(19)14(11)13/h2-7,20H,1H3. The number of aromatic amines is 1. The summed E-state index contributed by atoms with van der Waals surface area (Å²) in [7, 11) is 0. The summed E-state index contributed by atoms with van der Waals surface area (Å²) in [6.07, 6.45) is 1.67. The van der Waals surface area contributed by atoms with Gasteiger partial charge in [-0.15, -0.1) is 0 Å². The van der Waals surface area contributed by atoms with Crippen LogP contribution in [0.2, 0.25) is 10.0 Å². The van der Waals surface area contributed by atoms with Crippen molar-refractivity contribution in [3.05, 3.63) is 67.7 Å². The highest BCUT2D eigenvalue weighted by Gasteiger charge is 2.19. The van der Waals surface area contributed by atoms with Gasteiger partial charge in [0.25, 0.3) is 0 Å². The third-order valence-corrected chi connectivity index (χ3v) is 4.95. The number of fused-ring (bicyclic) bond motifs is 1. The second-order valence-electron chi connectivity index (χ2n) is 4.78. The number of aryl methyl sites for hydroxylation is 1. The summed E-state index contributed by atoms with van der Waals surface area (Å²) in [5.74, 6) is -0.0824. The van der Waals surface area contributed by atoms with Crippen molar-refractivity contribution < 1.29 is 4.79 Å². The largest absolute Gasteiger partial charge is 0.360 e. The van der Waals surface area contributed by atoms with Crippen LogP contribution in [0.1, 0.15) is 21.5 Å². The molecule has 5 heteroatoms. The number of ketones is 1. The van der Waals surface area contributed by atoms with E-state index in [2.05, 4.69) is 20.9 Å². The number of aromatic nitrogens is 1. The first-order valence-corrected chi connectivity index (χ1v) is 7.80. The Kier molecular flexibility index (Phi) is 3.82. The predicted molar refractivity (Wildman–Crippen MR) is 90.6 cm³/mol. The highest BCUT2D eigenvalue weighted by molar-refractivity contribution is 9.10. The minimum absolute atomic E-state index is 0.0824. The molecule has 2 nitrogen and oxygen atoms in total. The van der Waals surface area contributed by atoms with Crippen molar-refractivity contribution >= 4 is 55.8 Å². The molecule has 1 aromatic heterocycles. The van der Waals surface area contributed by atoms with Crippen molar-refractivity contribution in [2.45, 2.75) is 6.92 Å². The predicted octanol–water partition coefficient (Wildman–Crippen LogP) is 5.78. The third-order valence-electron chi connectivity index (χ3n) is 3.38. The molecule has 2 aromatic carbocycles. The van der Waals surface area contributed by atoms with E-state index in [1.165, 1.54) is 0 Å². The second-order valence-corrected chi connectivity index (χ2v) is 6.41. The van der Waals surface area contributed by atoms with Gasteiger partial charge < -0.3 is 4.98 Å². The van der Waals surface area contributed by atoms with Gasteiger partial charge in [0.2, 0.25) is 0 Å². The number of rotatable bonds is 2. The van der Waals surface area contributed by atoms with E-state index in [1.54, 1.807) is 24.4 Å². The fourth-order valence-electron chi connectivity index (χ4n) is 2.33. The number of hydrogen-bond donors (Lipinski definition) is 1. The van der Waals surface area contributed by atoms with E-state index in [0.717, 1.165) is 15.6 Å². The average Bonchev–Trinajstić information content (AvgIpc) is 2.85. The van der Waals surface area contributed by atoms with Gasteiger partial charge in [-0.3, -0.25) is 4.79 Å². The zero-order valence-electron chi connectivity index (χ0n) is 11.0. The maximum absolute atomic E-state index is 12.8. The van der Waals surface area contributed by atoms with Crippen molar-refractivity contribution in [3.8, 4) is 0 Å². The zero-order chi connectivity index (χ0) is 15.1. The van der Waals surface area contributed by atoms with E-state index in [0.29, 0.717) is 26.6 Å². The number of carbonyl (C=O) groups excluding carboxylic acids is 1. The number of benzene rings is 2. The zero-order valence-corrected chi connectivity index (χ0v) is 14.1. The Morgan fingerprint density at radius 2 is 1.95 bits per heavy atom. The van der Waals surface area contributed by atoms with Crippen LogP contribution in [0, 0.1) is 6.92 Å². The molecule has 3 aromatic rings. The normalized spacial score (nSPS) is 11.0. The first-order chi connectivity index (χ1) is 9.99. The smallest absolute Gasteiger partial charge is 0.196 e. The first-order valence-electron chi connectivity index (χ1n) is 6.25. The molecule has 0 radical (unpaired) electrons. The van der Waals surface area contributed by atoms with Crippen LogP contribution < -0.4 is 0 Å². The van der Waals surface area contributed by atoms with E-state index < -0.39 is 0 Å². The third kappa shape index (κ3) is 2.50. The van der Waals surface area contributed by atoms with Crippen LogP contribution in [0.15, 0.2) is 41.0 Å². The van der Waals surface area contributed by atoms with Gasteiger partial charge in [0.05, 0.1) is 5.02 Å². The lowest BCUT2D eigenvalue weighted by Gasteiger charge is -2.06. The van der Waals surface area contributed by atoms with Gasteiger partial charge in [-0.25, -0.2) is 0 Å². The first kappa shape index (κ1) is 14.6. The molecule has 0 aliphatic heterocycles. The van der Waals surface area contributed by atoms with Gasteiger partial charge >= 0.3 is 0 Å². The highest BCUT2D eigenvalue weighted by Crippen LogP contribution is 2.33. The van der Waals surface area contributed by atoms with Crippen LogP contribution in [0.3, 0.4) is 0 Å². The lowest BCUT2D eigenvalue weighted by molar-refractivity contribution is 0.103. The van der Waals surface area contributed by atoms with Gasteiger partial charge in [-0.2, -0.15) is 0 Å².